The lowest BCUT2D eigenvalue weighted by Gasteiger charge is -2.33. The van der Waals surface area contributed by atoms with E-state index in [0.29, 0.717) is 43.0 Å². The topological polar surface area (TPSA) is 127 Å². The smallest absolute Gasteiger partial charge is 0.270 e. The quantitative estimate of drug-likeness (QED) is 0.278. The molecule has 2 unspecified atom stereocenters. The van der Waals surface area contributed by atoms with Crippen molar-refractivity contribution in [2.45, 2.75) is 70.1 Å². The summed E-state index contributed by atoms with van der Waals surface area (Å²) in [5.41, 5.74) is 1.17. The van der Waals surface area contributed by atoms with Crippen molar-refractivity contribution in [3.8, 4) is 0 Å². The van der Waals surface area contributed by atoms with Gasteiger partial charge in [-0.05, 0) is 71.1 Å². The SMILES string of the molecule is CN(C)C(=O)c1cc2cnc(Nc3ccc(N4CCC5(CCCN5COCOC(C)(C)C)C4=O)cn3)nc2n1C1CCCOC1. The number of hydrogen-bond acceptors (Lipinski definition) is 10. The second-order valence-corrected chi connectivity index (χ2v) is 13.3. The fourth-order valence-electron chi connectivity index (χ4n) is 6.51. The normalized spacial score (nSPS) is 22.6. The minimum absolute atomic E-state index is 0.00998. The first-order chi connectivity index (χ1) is 21.6. The summed E-state index contributed by atoms with van der Waals surface area (Å²) in [5, 5.41) is 3.98. The van der Waals surface area contributed by atoms with E-state index in [2.05, 4.69) is 20.2 Å². The summed E-state index contributed by atoms with van der Waals surface area (Å²) in [7, 11) is 3.49. The lowest BCUT2D eigenvalue weighted by atomic mass is 9.94. The van der Waals surface area contributed by atoms with E-state index >= 15 is 0 Å². The number of nitrogens with zero attached hydrogens (tertiary/aromatic N) is 7. The van der Waals surface area contributed by atoms with Crippen LogP contribution in [0.4, 0.5) is 17.5 Å². The molecule has 2 amide bonds. The Morgan fingerprint density at radius 1 is 1.16 bits per heavy atom. The minimum Gasteiger partial charge on any atom is -0.379 e. The Bertz CT molecular complexity index is 1530. The number of amides is 2. The molecular formula is C32H44N8O5. The maximum atomic E-state index is 13.8. The van der Waals surface area contributed by atoms with Gasteiger partial charge in [-0.25, -0.2) is 9.97 Å². The molecule has 0 saturated carbocycles. The standard InChI is InChI=1S/C32H44N8O5/c1-31(2,3)45-21-44-20-38-13-7-11-32(38)12-14-39(29(32)42)23-9-10-26(33-18-23)35-30-34-17-22-16-25(28(41)37(4)5)40(27(22)36-30)24-8-6-15-43-19-24/h9-10,16-18,24H,6-8,11-15,19-21H2,1-5H3,(H,33,34,35,36). The molecule has 6 heterocycles. The van der Waals surface area contributed by atoms with Crippen LogP contribution in [0.2, 0.25) is 0 Å². The number of pyridine rings is 1. The Morgan fingerprint density at radius 3 is 2.71 bits per heavy atom. The Balaban J connectivity index is 1.16. The van der Waals surface area contributed by atoms with E-state index in [1.165, 1.54) is 0 Å². The van der Waals surface area contributed by atoms with Gasteiger partial charge in [0.15, 0.2) is 0 Å². The zero-order chi connectivity index (χ0) is 31.8. The number of rotatable bonds is 9. The Hall–Kier alpha value is -3.65. The molecule has 0 radical (unpaired) electrons. The predicted molar refractivity (Wildman–Crippen MR) is 169 cm³/mol. The van der Waals surface area contributed by atoms with Crippen LogP contribution in [-0.2, 0) is 19.0 Å². The molecule has 3 aliphatic rings. The molecule has 242 valence electrons. The van der Waals surface area contributed by atoms with E-state index in [1.54, 1.807) is 31.4 Å². The molecule has 0 aliphatic carbocycles. The fourth-order valence-corrected chi connectivity index (χ4v) is 6.51. The average molecular weight is 621 g/mol. The van der Waals surface area contributed by atoms with Gasteiger partial charge in [0.2, 0.25) is 11.9 Å². The highest BCUT2D eigenvalue weighted by Crippen LogP contribution is 2.40. The van der Waals surface area contributed by atoms with Crippen molar-refractivity contribution in [3.63, 3.8) is 0 Å². The van der Waals surface area contributed by atoms with Crippen LogP contribution >= 0.6 is 0 Å². The van der Waals surface area contributed by atoms with Crippen molar-refractivity contribution < 1.29 is 23.8 Å². The van der Waals surface area contributed by atoms with E-state index < -0.39 is 5.54 Å². The molecule has 3 fully saturated rings. The fraction of sp³-hybridized carbons (Fsp3) is 0.594. The highest BCUT2D eigenvalue weighted by atomic mass is 16.7. The molecule has 1 spiro atoms. The van der Waals surface area contributed by atoms with E-state index in [-0.39, 0.29) is 30.3 Å². The number of carbonyl (C=O) groups is 2. The Kier molecular flexibility index (Phi) is 8.79. The van der Waals surface area contributed by atoms with Crippen LogP contribution < -0.4 is 10.2 Å². The second kappa shape index (κ2) is 12.6. The third kappa shape index (κ3) is 6.39. The van der Waals surface area contributed by atoms with Crippen LogP contribution in [0.3, 0.4) is 0 Å². The number of ether oxygens (including phenoxy) is 3. The largest absolute Gasteiger partial charge is 0.379 e. The summed E-state index contributed by atoms with van der Waals surface area (Å²) < 4.78 is 19.2. The number of nitrogens with one attached hydrogen (secondary N) is 1. The maximum absolute atomic E-state index is 13.8. The molecule has 6 rings (SSSR count). The lowest BCUT2D eigenvalue weighted by molar-refractivity contribution is -0.154. The Morgan fingerprint density at radius 2 is 2.00 bits per heavy atom. The maximum Gasteiger partial charge on any atom is 0.270 e. The molecule has 0 aromatic carbocycles. The summed E-state index contributed by atoms with van der Waals surface area (Å²) in [6.45, 7) is 9.22. The molecule has 0 bridgehead atoms. The van der Waals surface area contributed by atoms with Crippen LogP contribution in [0.5, 0.6) is 0 Å². The Labute approximate surface area is 263 Å². The third-order valence-corrected chi connectivity index (χ3v) is 8.84. The van der Waals surface area contributed by atoms with Gasteiger partial charge in [-0.15, -0.1) is 0 Å². The van der Waals surface area contributed by atoms with Gasteiger partial charge in [-0.3, -0.25) is 14.5 Å². The first-order valence-electron chi connectivity index (χ1n) is 15.7. The van der Waals surface area contributed by atoms with Crippen molar-refractivity contribution in [2.24, 2.45) is 0 Å². The van der Waals surface area contributed by atoms with E-state index in [9.17, 15) is 9.59 Å². The van der Waals surface area contributed by atoms with Gasteiger partial charge in [0, 0.05) is 45.4 Å². The lowest BCUT2D eigenvalue weighted by Crippen LogP contribution is -2.51. The van der Waals surface area contributed by atoms with E-state index in [0.717, 1.165) is 56.3 Å². The minimum atomic E-state index is -0.549. The average Bonchev–Trinajstić information content (AvgIpc) is 3.71. The number of anilines is 3. The van der Waals surface area contributed by atoms with Crippen LogP contribution in [0, 0.1) is 0 Å². The van der Waals surface area contributed by atoms with Gasteiger partial charge in [0.1, 0.15) is 36.2 Å². The van der Waals surface area contributed by atoms with Gasteiger partial charge in [-0.2, -0.15) is 4.98 Å². The molecule has 3 saturated heterocycles. The van der Waals surface area contributed by atoms with Crippen molar-refractivity contribution >= 4 is 40.3 Å². The van der Waals surface area contributed by atoms with Crippen molar-refractivity contribution in [1.29, 1.82) is 0 Å². The van der Waals surface area contributed by atoms with Gasteiger partial charge < -0.3 is 33.9 Å². The number of carbonyl (C=O) groups excluding carboxylic acids is 2. The zero-order valence-electron chi connectivity index (χ0n) is 26.9. The summed E-state index contributed by atoms with van der Waals surface area (Å²) in [5.74, 6) is 0.923. The summed E-state index contributed by atoms with van der Waals surface area (Å²) >= 11 is 0. The molecule has 13 nitrogen and oxygen atoms in total. The molecule has 3 aromatic rings. The van der Waals surface area contributed by atoms with Gasteiger partial charge in [0.05, 0.1) is 30.1 Å². The van der Waals surface area contributed by atoms with Crippen LogP contribution in [-0.4, -0.2) is 106 Å². The molecule has 45 heavy (non-hydrogen) atoms. The van der Waals surface area contributed by atoms with E-state index in [1.807, 2.05) is 48.4 Å². The molecule has 1 N–H and O–H groups in total. The number of hydrogen-bond donors (Lipinski definition) is 1. The summed E-state index contributed by atoms with van der Waals surface area (Å²) in [6, 6.07) is 5.58. The molecule has 13 heteroatoms. The summed E-state index contributed by atoms with van der Waals surface area (Å²) in [6.07, 6.45) is 7.77. The van der Waals surface area contributed by atoms with Gasteiger partial charge in [-0.1, -0.05) is 0 Å². The van der Waals surface area contributed by atoms with Crippen LogP contribution in [0.1, 0.15) is 69.4 Å². The highest BCUT2D eigenvalue weighted by molar-refractivity contribution is 6.03. The highest BCUT2D eigenvalue weighted by Gasteiger charge is 2.53. The second-order valence-electron chi connectivity index (χ2n) is 13.3. The monoisotopic (exact) mass is 620 g/mol. The molecule has 2 atom stereocenters. The van der Waals surface area contributed by atoms with Crippen molar-refractivity contribution in [2.75, 3.05) is 64.1 Å². The first-order valence-corrected chi connectivity index (χ1v) is 15.7. The molecule has 3 aliphatic heterocycles. The van der Waals surface area contributed by atoms with Crippen molar-refractivity contribution in [1.82, 2.24) is 29.3 Å². The van der Waals surface area contributed by atoms with Crippen molar-refractivity contribution in [3.05, 3.63) is 36.3 Å². The molecule has 3 aromatic heterocycles. The first kappa shape index (κ1) is 31.3. The zero-order valence-corrected chi connectivity index (χ0v) is 26.9. The molecular weight excluding hydrogens is 576 g/mol. The number of fused-ring (bicyclic) bond motifs is 1. The number of aromatic nitrogens is 4. The summed E-state index contributed by atoms with van der Waals surface area (Å²) in [4.78, 5) is 46.3. The van der Waals surface area contributed by atoms with Crippen LogP contribution in [0.15, 0.2) is 30.6 Å². The predicted octanol–water partition coefficient (Wildman–Crippen LogP) is 3.94. The number of likely N-dealkylation sites (tertiary alicyclic amines) is 1. The van der Waals surface area contributed by atoms with Crippen LogP contribution in [0.25, 0.3) is 11.0 Å². The van der Waals surface area contributed by atoms with Gasteiger partial charge >= 0.3 is 0 Å². The van der Waals surface area contributed by atoms with E-state index in [4.69, 9.17) is 19.2 Å². The van der Waals surface area contributed by atoms with Gasteiger partial charge in [0.25, 0.3) is 5.91 Å². The third-order valence-electron chi connectivity index (χ3n) is 8.84.